The molecule has 2 amide bonds. The normalized spacial score (nSPS) is 12.9. The van der Waals surface area contributed by atoms with Gasteiger partial charge in [-0.2, -0.15) is 0 Å². The Hall–Kier alpha value is -3.81. The summed E-state index contributed by atoms with van der Waals surface area (Å²) >= 11 is 0. The van der Waals surface area contributed by atoms with Crippen molar-refractivity contribution in [3.8, 4) is 11.5 Å². The number of carbonyl (C=O) groups is 2. The van der Waals surface area contributed by atoms with Crippen LogP contribution in [0.15, 0.2) is 59.1 Å². The number of nitrogens with zero attached hydrogens (tertiary/aromatic N) is 2. The summed E-state index contributed by atoms with van der Waals surface area (Å²) < 4.78 is 16.0. The van der Waals surface area contributed by atoms with E-state index in [0.717, 1.165) is 12.0 Å². The molecule has 3 aromatic rings. The van der Waals surface area contributed by atoms with Crippen molar-refractivity contribution in [2.45, 2.75) is 39.4 Å². The fourth-order valence-corrected chi connectivity index (χ4v) is 3.38. The number of hydrogen-bond donors (Lipinski definition) is 1. The van der Waals surface area contributed by atoms with Crippen LogP contribution in [-0.4, -0.2) is 34.7 Å². The Morgan fingerprint density at radius 1 is 1.09 bits per heavy atom. The first-order chi connectivity index (χ1) is 15.5. The quantitative estimate of drug-likeness (QED) is 0.579. The number of aromatic nitrogens is 1. The van der Waals surface area contributed by atoms with E-state index < -0.39 is 0 Å². The topological polar surface area (TPSA) is 93.9 Å². The van der Waals surface area contributed by atoms with E-state index in [0.29, 0.717) is 29.4 Å². The van der Waals surface area contributed by atoms with Crippen molar-refractivity contribution in [2.24, 2.45) is 0 Å². The summed E-state index contributed by atoms with van der Waals surface area (Å²) in [6, 6.07) is 16.2. The molecule has 1 unspecified atom stereocenters. The molecule has 8 nitrogen and oxygen atoms in total. The Morgan fingerprint density at radius 2 is 1.88 bits per heavy atom. The third-order valence-electron chi connectivity index (χ3n) is 5.41. The van der Waals surface area contributed by atoms with Gasteiger partial charge in [0.1, 0.15) is 0 Å². The minimum Gasteiger partial charge on any atom is -0.454 e. The predicted octanol–water partition coefficient (Wildman–Crippen LogP) is 3.77. The predicted molar refractivity (Wildman–Crippen MR) is 116 cm³/mol. The van der Waals surface area contributed by atoms with E-state index in [4.69, 9.17) is 14.0 Å². The average molecular weight is 435 g/mol. The van der Waals surface area contributed by atoms with Gasteiger partial charge in [-0.1, -0.05) is 36.3 Å². The number of carbonyl (C=O) groups excluding carboxylic acids is 2. The molecule has 1 aliphatic rings. The fourth-order valence-electron chi connectivity index (χ4n) is 3.38. The molecule has 4 rings (SSSR count). The standard InChI is InChI=1S/C24H25N3O5/c1-3-16(2)27(24(29)18-7-5-4-6-8-18)14-19-12-20(26-32-19)23(28)25-13-17-9-10-21-22(11-17)31-15-30-21/h4-12,16H,3,13-15H2,1-2H3,(H,25,28). The first kappa shape index (κ1) is 21.4. The van der Waals surface area contributed by atoms with Gasteiger partial charge in [0.05, 0.1) is 6.54 Å². The van der Waals surface area contributed by atoms with Crippen molar-refractivity contribution in [3.63, 3.8) is 0 Å². The lowest BCUT2D eigenvalue weighted by Gasteiger charge is -2.27. The molecule has 32 heavy (non-hydrogen) atoms. The summed E-state index contributed by atoms with van der Waals surface area (Å²) in [7, 11) is 0. The fraction of sp³-hybridized carbons (Fsp3) is 0.292. The van der Waals surface area contributed by atoms with E-state index in [1.807, 2.05) is 50.2 Å². The Labute approximate surface area is 186 Å². The minimum atomic E-state index is -0.359. The zero-order valence-electron chi connectivity index (χ0n) is 18.0. The van der Waals surface area contributed by atoms with Crippen molar-refractivity contribution >= 4 is 11.8 Å². The first-order valence-corrected chi connectivity index (χ1v) is 10.5. The van der Waals surface area contributed by atoms with Crippen LogP contribution in [0.1, 0.15) is 52.4 Å². The first-order valence-electron chi connectivity index (χ1n) is 10.5. The van der Waals surface area contributed by atoms with Crippen molar-refractivity contribution < 1.29 is 23.6 Å². The lowest BCUT2D eigenvalue weighted by atomic mass is 10.1. The molecule has 1 N–H and O–H groups in total. The zero-order valence-corrected chi connectivity index (χ0v) is 18.0. The molecular formula is C24H25N3O5. The lowest BCUT2D eigenvalue weighted by Crippen LogP contribution is -2.37. The molecule has 0 spiro atoms. The average Bonchev–Trinajstić information content (AvgIpc) is 3.50. The van der Waals surface area contributed by atoms with Crippen LogP contribution in [0.5, 0.6) is 11.5 Å². The molecule has 0 saturated heterocycles. The second-order valence-corrected chi connectivity index (χ2v) is 7.61. The van der Waals surface area contributed by atoms with Crippen molar-refractivity contribution in [1.82, 2.24) is 15.4 Å². The van der Waals surface area contributed by atoms with Gasteiger partial charge in [-0.25, -0.2) is 0 Å². The van der Waals surface area contributed by atoms with Gasteiger partial charge in [0, 0.05) is 24.2 Å². The van der Waals surface area contributed by atoms with Crippen LogP contribution in [0.4, 0.5) is 0 Å². The molecule has 0 bridgehead atoms. The summed E-state index contributed by atoms with van der Waals surface area (Å²) in [6.07, 6.45) is 0.787. The van der Waals surface area contributed by atoms with Crippen molar-refractivity contribution in [2.75, 3.05) is 6.79 Å². The van der Waals surface area contributed by atoms with Crippen LogP contribution in [0.25, 0.3) is 0 Å². The zero-order chi connectivity index (χ0) is 22.5. The minimum absolute atomic E-state index is 0.00362. The highest BCUT2D eigenvalue weighted by Crippen LogP contribution is 2.32. The smallest absolute Gasteiger partial charge is 0.273 e. The largest absolute Gasteiger partial charge is 0.454 e. The van der Waals surface area contributed by atoms with Gasteiger partial charge < -0.3 is 24.2 Å². The highest BCUT2D eigenvalue weighted by molar-refractivity contribution is 5.94. The van der Waals surface area contributed by atoms with Crippen LogP contribution in [0.2, 0.25) is 0 Å². The maximum atomic E-state index is 13.0. The summed E-state index contributed by atoms with van der Waals surface area (Å²) in [5.74, 6) is 1.35. The molecule has 1 aromatic heterocycles. The molecule has 0 fully saturated rings. The van der Waals surface area contributed by atoms with E-state index in [-0.39, 0.29) is 36.9 Å². The highest BCUT2D eigenvalue weighted by atomic mass is 16.7. The summed E-state index contributed by atoms with van der Waals surface area (Å²) in [5, 5.41) is 6.70. The number of rotatable bonds is 8. The van der Waals surface area contributed by atoms with Gasteiger partial charge in [0.15, 0.2) is 23.0 Å². The molecule has 0 aliphatic carbocycles. The number of benzene rings is 2. The SMILES string of the molecule is CCC(C)N(Cc1cc(C(=O)NCc2ccc3c(c2)OCO3)no1)C(=O)c1ccccc1. The Balaban J connectivity index is 1.40. The van der Waals surface area contributed by atoms with Crippen molar-refractivity contribution in [3.05, 3.63) is 77.2 Å². The van der Waals surface area contributed by atoms with Crippen LogP contribution in [0, 0.1) is 0 Å². The molecular weight excluding hydrogens is 410 g/mol. The monoisotopic (exact) mass is 435 g/mol. The number of amides is 2. The number of ether oxygens (including phenoxy) is 2. The van der Waals surface area contributed by atoms with Gasteiger partial charge in [-0.05, 0) is 43.2 Å². The number of hydrogen-bond acceptors (Lipinski definition) is 6. The third kappa shape index (κ3) is 4.74. The number of fused-ring (bicyclic) bond motifs is 1. The second-order valence-electron chi connectivity index (χ2n) is 7.61. The van der Waals surface area contributed by atoms with Crippen molar-refractivity contribution in [1.29, 1.82) is 0 Å². The van der Waals surface area contributed by atoms with Crippen LogP contribution < -0.4 is 14.8 Å². The second kappa shape index (κ2) is 9.55. The molecule has 0 radical (unpaired) electrons. The Bertz CT molecular complexity index is 1100. The van der Waals surface area contributed by atoms with Gasteiger partial charge in [-0.15, -0.1) is 0 Å². The summed E-state index contributed by atoms with van der Waals surface area (Å²) in [4.78, 5) is 27.2. The summed E-state index contributed by atoms with van der Waals surface area (Å²) in [5.41, 5.74) is 1.65. The van der Waals surface area contributed by atoms with Gasteiger partial charge in [0.2, 0.25) is 6.79 Å². The third-order valence-corrected chi connectivity index (χ3v) is 5.41. The lowest BCUT2D eigenvalue weighted by molar-refractivity contribution is 0.0651. The highest BCUT2D eigenvalue weighted by Gasteiger charge is 2.23. The Kier molecular flexibility index (Phi) is 6.39. The van der Waals surface area contributed by atoms with Gasteiger partial charge in [0.25, 0.3) is 11.8 Å². The molecule has 0 saturated carbocycles. The molecule has 1 atom stereocenters. The van der Waals surface area contributed by atoms with Crippen LogP contribution in [0.3, 0.4) is 0 Å². The van der Waals surface area contributed by atoms with Gasteiger partial charge in [-0.3, -0.25) is 9.59 Å². The molecule has 1 aliphatic heterocycles. The van der Waals surface area contributed by atoms with E-state index in [1.54, 1.807) is 23.1 Å². The Morgan fingerprint density at radius 3 is 2.66 bits per heavy atom. The van der Waals surface area contributed by atoms with Crippen LogP contribution in [-0.2, 0) is 13.1 Å². The molecule has 2 heterocycles. The number of nitrogens with one attached hydrogen (secondary N) is 1. The van der Waals surface area contributed by atoms with E-state index in [1.165, 1.54) is 0 Å². The van der Waals surface area contributed by atoms with Gasteiger partial charge >= 0.3 is 0 Å². The van der Waals surface area contributed by atoms with E-state index >= 15 is 0 Å². The maximum Gasteiger partial charge on any atom is 0.273 e. The van der Waals surface area contributed by atoms with Crippen LogP contribution >= 0.6 is 0 Å². The molecule has 2 aromatic carbocycles. The van der Waals surface area contributed by atoms with E-state index in [9.17, 15) is 9.59 Å². The maximum absolute atomic E-state index is 13.0. The molecule has 8 heteroatoms. The molecule has 166 valence electrons. The van der Waals surface area contributed by atoms with E-state index in [2.05, 4.69) is 10.5 Å². The summed E-state index contributed by atoms with van der Waals surface area (Å²) in [6.45, 7) is 4.74.